The smallest absolute Gasteiger partial charge is 0.322 e. The van der Waals surface area contributed by atoms with E-state index in [2.05, 4.69) is 24.5 Å². The molecule has 2 rings (SSSR count). The van der Waals surface area contributed by atoms with E-state index in [1.807, 2.05) is 0 Å². The Morgan fingerprint density at radius 1 is 1.23 bits per heavy atom. The zero-order valence-electron chi connectivity index (χ0n) is 12.7. The number of hydrogen-bond acceptors (Lipinski definition) is 3. The minimum atomic E-state index is -1.07. The maximum Gasteiger partial charge on any atom is 0.322 e. The van der Waals surface area contributed by atoms with E-state index in [1.165, 1.54) is 0 Å². The molecule has 0 aliphatic heterocycles. The Balaban J connectivity index is 1.84. The third kappa shape index (κ3) is 4.31. The Kier molecular flexibility index (Phi) is 4.49. The van der Waals surface area contributed by atoms with E-state index in [-0.39, 0.29) is 36.1 Å². The normalized spacial score (nSPS) is 18.4. The molecule has 1 aliphatic carbocycles. The maximum atomic E-state index is 12.0. The van der Waals surface area contributed by atoms with E-state index in [0.29, 0.717) is 5.69 Å². The van der Waals surface area contributed by atoms with Gasteiger partial charge in [-0.3, -0.25) is 14.4 Å². The molecule has 0 bridgehead atoms. The summed E-state index contributed by atoms with van der Waals surface area (Å²) in [6, 6.07) is 6.97. The highest BCUT2D eigenvalue weighted by Crippen LogP contribution is 2.51. The second kappa shape index (κ2) is 6.17. The first-order valence-electron chi connectivity index (χ1n) is 7.16. The number of benzene rings is 1. The van der Waals surface area contributed by atoms with Crippen molar-refractivity contribution >= 4 is 23.5 Å². The lowest BCUT2D eigenvalue weighted by Crippen LogP contribution is -2.30. The third-order valence-corrected chi connectivity index (χ3v) is 3.85. The predicted octanol–water partition coefficient (Wildman–Crippen LogP) is 1.41. The van der Waals surface area contributed by atoms with Crippen LogP contribution in [-0.2, 0) is 20.8 Å². The molecule has 118 valence electrons. The zero-order valence-corrected chi connectivity index (χ0v) is 12.7. The van der Waals surface area contributed by atoms with Crippen LogP contribution in [0.25, 0.3) is 0 Å². The minimum Gasteiger partial charge on any atom is -0.480 e. The third-order valence-electron chi connectivity index (χ3n) is 3.85. The van der Waals surface area contributed by atoms with Crippen molar-refractivity contribution in [3.05, 3.63) is 29.8 Å². The van der Waals surface area contributed by atoms with Gasteiger partial charge in [0, 0.05) is 11.6 Å². The first-order chi connectivity index (χ1) is 10.3. The molecule has 0 saturated heterocycles. The fourth-order valence-corrected chi connectivity index (χ4v) is 2.27. The summed E-state index contributed by atoms with van der Waals surface area (Å²) in [5.74, 6) is -1.33. The standard InChI is InChI=1S/C16H20N2O4/c1-16(2)8-12(16)15(22)18-11-5-3-10(4-6-11)7-13(19)17-9-14(20)21/h3-6,12H,7-9H2,1-2H3,(H,17,19)(H,18,22)(H,20,21). The summed E-state index contributed by atoms with van der Waals surface area (Å²) >= 11 is 0. The Labute approximate surface area is 128 Å². The van der Waals surface area contributed by atoms with Gasteiger partial charge in [-0.15, -0.1) is 0 Å². The topological polar surface area (TPSA) is 95.5 Å². The monoisotopic (exact) mass is 304 g/mol. The number of carbonyl (C=O) groups is 3. The van der Waals surface area contributed by atoms with Gasteiger partial charge < -0.3 is 15.7 Å². The number of hydrogen-bond donors (Lipinski definition) is 3. The lowest BCUT2D eigenvalue weighted by molar-refractivity contribution is -0.137. The van der Waals surface area contributed by atoms with Crippen LogP contribution < -0.4 is 10.6 Å². The van der Waals surface area contributed by atoms with Crippen molar-refractivity contribution in [1.82, 2.24) is 5.32 Å². The number of nitrogens with one attached hydrogen (secondary N) is 2. The van der Waals surface area contributed by atoms with Crippen LogP contribution in [0.4, 0.5) is 5.69 Å². The summed E-state index contributed by atoms with van der Waals surface area (Å²) in [4.78, 5) is 33.8. The van der Waals surface area contributed by atoms with Crippen LogP contribution in [0.2, 0.25) is 0 Å². The number of carbonyl (C=O) groups excluding carboxylic acids is 2. The maximum absolute atomic E-state index is 12.0. The number of carboxylic acid groups (broad SMARTS) is 1. The zero-order chi connectivity index (χ0) is 16.3. The van der Waals surface area contributed by atoms with Gasteiger partial charge in [0.05, 0.1) is 6.42 Å². The molecule has 2 amide bonds. The molecular weight excluding hydrogens is 284 g/mol. The van der Waals surface area contributed by atoms with Gasteiger partial charge in [-0.05, 0) is 29.5 Å². The minimum absolute atomic E-state index is 0.0250. The lowest BCUT2D eigenvalue weighted by Gasteiger charge is -2.08. The van der Waals surface area contributed by atoms with E-state index in [9.17, 15) is 14.4 Å². The van der Waals surface area contributed by atoms with E-state index in [1.54, 1.807) is 24.3 Å². The molecule has 1 unspecified atom stereocenters. The van der Waals surface area contributed by atoms with Gasteiger partial charge in [-0.2, -0.15) is 0 Å². The van der Waals surface area contributed by atoms with Crippen molar-refractivity contribution in [2.75, 3.05) is 11.9 Å². The summed E-state index contributed by atoms with van der Waals surface area (Å²) < 4.78 is 0. The highest BCUT2D eigenvalue weighted by atomic mass is 16.4. The van der Waals surface area contributed by atoms with Crippen molar-refractivity contribution in [2.24, 2.45) is 11.3 Å². The van der Waals surface area contributed by atoms with Gasteiger partial charge in [0.15, 0.2) is 0 Å². The number of rotatable bonds is 6. The van der Waals surface area contributed by atoms with Gasteiger partial charge in [-0.25, -0.2) is 0 Å². The average Bonchev–Trinajstić information content (AvgIpc) is 3.08. The highest BCUT2D eigenvalue weighted by Gasteiger charge is 2.50. The van der Waals surface area contributed by atoms with Crippen molar-refractivity contribution < 1.29 is 19.5 Å². The number of aliphatic carboxylic acids is 1. The second-order valence-corrected chi connectivity index (χ2v) is 6.28. The van der Waals surface area contributed by atoms with Gasteiger partial charge in [-0.1, -0.05) is 26.0 Å². The molecule has 1 saturated carbocycles. The first kappa shape index (κ1) is 16.0. The molecule has 0 radical (unpaired) electrons. The van der Waals surface area contributed by atoms with Crippen LogP contribution in [-0.4, -0.2) is 29.4 Å². The molecule has 0 aromatic heterocycles. The SMILES string of the molecule is CC1(C)CC1C(=O)Nc1ccc(CC(=O)NCC(=O)O)cc1. The predicted molar refractivity (Wildman–Crippen MR) is 81.3 cm³/mol. The summed E-state index contributed by atoms with van der Waals surface area (Å²) in [7, 11) is 0. The molecule has 0 spiro atoms. The van der Waals surface area contributed by atoms with E-state index >= 15 is 0 Å². The Hall–Kier alpha value is -2.37. The van der Waals surface area contributed by atoms with Gasteiger partial charge in [0.1, 0.15) is 6.54 Å². The van der Waals surface area contributed by atoms with Gasteiger partial charge >= 0.3 is 5.97 Å². The lowest BCUT2D eigenvalue weighted by atomic mass is 10.1. The molecule has 1 fully saturated rings. The van der Waals surface area contributed by atoms with Crippen molar-refractivity contribution in [3.63, 3.8) is 0 Å². The van der Waals surface area contributed by atoms with Gasteiger partial charge in [0.25, 0.3) is 0 Å². The first-order valence-corrected chi connectivity index (χ1v) is 7.16. The second-order valence-electron chi connectivity index (χ2n) is 6.28. The molecule has 6 nitrogen and oxygen atoms in total. The number of carboxylic acids is 1. The fourth-order valence-electron chi connectivity index (χ4n) is 2.27. The summed E-state index contributed by atoms with van der Waals surface area (Å²) in [6.45, 7) is 3.75. The van der Waals surface area contributed by atoms with E-state index in [4.69, 9.17) is 5.11 Å². The van der Waals surface area contributed by atoms with Crippen LogP contribution in [0.5, 0.6) is 0 Å². The molecule has 1 aliphatic rings. The van der Waals surface area contributed by atoms with Crippen LogP contribution >= 0.6 is 0 Å². The van der Waals surface area contributed by atoms with E-state index in [0.717, 1.165) is 12.0 Å². The molecule has 0 heterocycles. The Bertz CT molecular complexity index is 593. The fraction of sp³-hybridized carbons (Fsp3) is 0.438. The quantitative estimate of drug-likeness (QED) is 0.740. The molecular formula is C16H20N2O4. The van der Waals surface area contributed by atoms with Crippen LogP contribution in [0.15, 0.2) is 24.3 Å². The molecule has 1 aromatic carbocycles. The summed E-state index contributed by atoms with van der Waals surface area (Å²) in [5, 5.41) is 13.6. The Morgan fingerprint density at radius 2 is 1.82 bits per heavy atom. The van der Waals surface area contributed by atoms with Crippen molar-refractivity contribution in [3.8, 4) is 0 Å². The molecule has 1 atom stereocenters. The summed E-state index contributed by atoms with van der Waals surface area (Å²) in [5.41, 5.74) is 1.54. The van der Waals surface area contributed by atoms with Gasteiger partial charge in [0.2, 0.25) is 11.8 Å². The number of anilines is 1. The Morgan fingerprint density at radius 3 is 2.32 bits per heavy atom. The summed E-state index contributed by atoms with van der Waals surface area (Å²) in [6.07, 6.45) is 1.01. The molecule has 3 N–H and O–H groups in total. The van der Waals surface area contributed by atoms with Crippen molar-refractivity contribution in [1.29, 1.82) is 0 Å². The van der Waals surface area contributed by atoms with E-state index < -0.39 is 5.97 Å². The molecule has 1 aromatic rings. The number of amides is 2. The largest absolute Gasteiger partial charge is 0.480 e. The van der Waals surface area contributed by atoms with Crippen LogP contribution in [0.3, 0.4) is 0 Å². The molecule has 22 heavy (non-hydrogen) atoms. The van der Waals surface area contributed by atoms with Crippen molar-refractivity contribution in [2.45, 2.75) is 26.7 Å². The molecule has 6 heteroatoms. The van der Waals surface area contributed by atoms with Crippen LogP contribution in [0, 0.1) is 11.3 Å². The average molecular weight is 304 g/mol. The highest BCUT2D eigenvalue weighted by molar-refractivity contribution is 5.95. The van der Waals surface area contributed by atoms with Crippen LogP contribution in [0.1, 0.15) is 25.8 Å².